The zero-order valence-corrected chi connectivity index (χ0v) is 15.4. The highest BCUT2D eigenvalue weighted by molar-refractivity contribution is 5.96. The predicted octanol–water partition coefficient (Wildman–Crippen LogP) is 2.46. The highest BCUT2D eigenvalue weighted by Crippen LogP contribution is 2.35. The molecule has 1 aromatic rings. The Morgan fingerprint density at radius 2 is 1.85 bits per heavy atom. The molecule has 1 N–H and O–H groups in total. The minimum atomic E-state index is -0.986. The molecule has 0 fully saturated rings. The van der Waals surface area contributed by atoms with E-state index in [2.05, 4.69) is 5.32 Å². The van der Waals surface area contributed by atoms with Crippen LogP contribution in [-0.2, 0) is 9.53 Å². The van der Waals surface area contributed by atoms with Crippen molar-refractivity contribution in [2.45, 2.75) is 39.7 Å². The summed E-state index contributed by atoms with van der Waals surface area (Å²) in [5.74, 6) is -1.15. The van der Waals surface area contributed by atoms with Crippen molar-refractivity contribution in [1.29, 1.82) is 0 Å². The number of nitrogens with one attached hydrogen (secondary N) is 1. The summed E-state index contributed by atoms with van der Waals surface area (Å²) in [7, 11) is 1.34. The average molecular weight is 368 g/mol. The molecule has 0 aliphatic rings. The topological polar surface area (TPSA) is 117 Å². The number of hydrogen-bond donors (Lipinski definition) is 1. The summed E-state index contributed by atoms with van der Waals surface area (Å²) in [6, 6.07) is 2.26. The molecule has 0 saturated carbocycles. The monoisotopic (exact) mass is 368 g/mol. The SMILES string of the molecule is CCOc1cc(C(=O)OCC(=O)NC(CC)CC)c([N+](=O)[O-])cc1OC. The Kier molecular flexibility index (Phi) is 8.33. The average Bonchev–Trinajstić information content (AvgIpc) is 2.63. The summed E-state index contributed by atoms with van der Waals surface area (Å²) in [6.45, 7) is 5.33. The van der Waals surface area contributed by atoms with E-state index in [1.807, 2.05) is 13.8 Å². The first-order valence-electron chi connectivity index (χ1n) is 8.33. The van der Waals surface area contributed by atoms with Gasteiger partial charge in [0.05, 0.1) is 24.7 Å². The summed E-state index contributed by atoms with van der Waals surface area (Å²) < 4.78 is 15.3. The third-order valence-corrected chi connectivity index (χ3v) is 3.68. The van der Waals surface area contributed by atoms with Crippen LogP contribution in [0.1, 0.15) is 44.0 Å². The van der Waals surface area contributed by atoms with E-state index in [4.69, 9.17) is 14.2 Å². The Morgan fingerprint density at radius 3 is 2.35 bits per heavy atom. The Labute approximate surface area is 151 Å². The Balaban J connectivity index is 2.97. The number of ether oxygens (including phenoxy) is 3. The molecule has 0 aliphatic heterocycles. The number of carbonyl (C=O) groups is 2. The zero-order valence-electron chi connectivity index (χ0n) is 15.4. The second-order valence-electron chi connectivity index (χ2n) is 5.37. The number of rotatable bonds is 10. The third-order valence-electron chi connectivity index (χ3n) is 3.68. The van der Waals surface area contributed by atoms with Crippen molar-refractivity contribution in [1.82, 2.24) is 5.32 Å². The van der Waals surface area contributed by atoms with Gasteiger partial charge in [-0.05, 0) is 19.8 Å². The van der Waals surface area contributed by atoms with Crippen LogP contribution in [0.15, 0.2) is 12.1 Å². The first-order chi connectivity index (χ1) is 12.4. The number of hydrogen-bond acceptors (Lipinski definition) is 7. The van der Waals surface area contributed by atoms with Crippen LogP contribution in [0.2, 0.25) is 0 Å². The molecule has 0 aromatic heterocycles. The first-order valence-corrected chi connectivity index (χ1v) is 8.33. The lowest BCUT2D eigenvalue weighted by atomic mass is 10.1. The molecule has 0 saturated heterocycles. The van der Waals surface area contributed by atoms with E-state index in [9.17, 15) is 19.7 Å². The second-order valence-corrected chi connectivity index (χ2v) is 5.37. The Bertz CT molecular complexity index is 657. The van der Waals surface area contributed by atoms with E-state index < -0.39 is 29.1 Å². The van der Waals surface area contributed by atoms with Crippen LogP contribution >= 0.6 is 0 Å². The molecule has 9 heteroatoms. The molecule has 0 atom stereocenters. The number of nitrogens with zero attached hydrogens (tertiary/aromatic N) is 1. The van der Waals surface area contributed by atoms with Gasteiger partial charge in [0, 0.05) is 12.1 Å². The van der Waals surface area contributed by atoms with E-state index in [1.165, 1.54) is 13.2 Å². The maximum Gasteiger partial charge on any atom is 0.345 e. The highest BCUT2D eigenvalue weighted by Gasteiger charge is 2.26. The van der Waals surface area contributed by atoms with Crippen molar-refractivity contribution >= 4 is 17.6 Å². The quantitative estimate of drug-likeness (QED) is 0.383. The van der Waals surface area contributed by atoms with Crippen LogP contribution in [0.25, 0.3) is 0 Å². The largest absolute Gasteiger partial charge is 0.493 e. The summed E-state index contributed by atoms with van der Waals surface area (Å²) in [5.41, 5.74) is -0.801. The molecule has 9 nitrogen and oxygen atoms in total. The summed E-state index contributed by atoms with van der Waals surface area (Å²) in [6.07, 6.45) is 1.50. The van der Waals surface area contributed by atoms with Crippen LogP contribution in [0.3, 0.4) is 0 Å². The van der Waals surface area contributed by atoms with Gasteiger partial charge in [-0.1, -0.05) is 13.8 Å². The number of benzene rings is 1. The highest BCUT2D eigenvalue weighted by atomic mass is 16.6. The molecule has 144 valence electrons. The number of carbonyl (C=O) groups excluding carboxylic acids is 2. The lowest BCUT2D eigenvalue weighted by Gasteiger charge is -2.15. The van der Waals surface area contributed by atoms with Gasteiger partial charge in [-0.25, -0.2) is 4.79 Å². The number of esters is 1. The van der Waals surface area contributed by atoms with Crippen molar-refractivity contribution in [3.63, 3.8) is 0 Å². The van der Waals surface area contributed by atoms with Gasteiger partial charge in [-0.15, -0.1) is 0 Å². The third kappa shape index (κ3) is 5.61. The first kappa shape index (κ1) is 21.2. The van der Waals surface area contributed by atoms with Gasteiger partial charge in [-0.2, -0.15) is 0 Å². The van der Waals surface area contributed by atoms with Crippen molar-refractivity contribution in [3.8, 4) is 11.5 Å². The maximum absolute atomic E-state index is 12.3. The van der Waals surface area contributed by atoms with Gasteiger partial charge < -0.3 is 19.5 Å². The van der Waals surface area contributed by atoms with Gasteiger partial charge in [0.15, 0.2) is 18.1 Å². The van der Waals surface area contributed by atoms with Crippen LogP contribution in [0, 0.1) is 10.1 Å². The van der Waals surface area contributed by atoms with Crippen LogP contribution in [0.4, 0.5) is 5.69 Å². The fraction of sp³-hybridized carbons (Fsp3) is 0.529. The summed E-state index contributed by atoms with van der Waals surface area (Å²) >= 11 is 0. The summed E-state index contributed by atoms with van der Waals surface area (Å²) in [5, 5.41) is 14.0. The van der Waals surface area contributed by atoms with Crippen molar-refractivity contribution in [3.05, 3.63) is 27.8 Å². The molecule has 1 rings (SSSR count). The molecular weight excluding hydrogens is 344 g/mol. The van der Waals surface area contributed by atoms with Gasteiger partial charge in [-0.3, -0.25) is 14.9 Å². The van der Waals surface area contributed by atoms with Crippen molar-refractivity contribution in [2.24, 2.45) is 0 Å². The Morgan fingerprint density at radius 1 is 1.19 bits per heavy atom. The Hall–Kier alpha value is -2.84. The normalized spacial score (nSPS) is 10.3. The number of nitro groups is 1. The van der Waals surface area contributed by atoms with Crippen molar-refractivity contribution in [2.75, 3.05) is 20.3 Å². The fourth-order valence-electron chi connectivity index (χ4n) is 2.26. The van der Waals surface area contributed by atoms with E-state index in [0.717, 1.165) is 18.9 Å². The molecule has 0 heterocycles. The molecular formula is C17H24N2O7. The van der Waals surface area contributed by atoms with E-state index in [1.54, 1.807) is 6.92 Å². The lowest BCUT2D eigenvalue weighted by molar-refractivity contribution is -0.385. The number of amides is 1. The van der Waals surface area contributed by atoms with Gasteiger partial charge in [0.25, 0.3) is 11.6 Å². The van der Waals surface area contributed by atoms with Crippen LogP contribution in [-0.4, -0.2) is 43.2 Å². The van der Waals surface area contributed by atoms with E-state index >= 15 is 0 Å². The maximum atomic E-state index is 12.3. The van der Waals surface area contributed by atoms with Gasteiger partial charge in [0.2, 0.25) is 0 Å². The molecule has 26 heavy (non-hydrogen) atoms. The zero-order chi connectivity index (χ0) is 19.7. The van der Waals surface area contributed by atoms with E-state index in [0.29, 0.717) is 0 Å². The molecule has 0 aliphatic carbocycles. The lowest BCUT2D eigenvalue weighted by Crippen LogP contribution is -2.36. The molecule has 0 radical (unpaired) electrons. The van der Waals surface area contributed by atoms with Crippen molar-refractivity contribution < 1.29 is 28.7 Å². The molecule has 0 bridgehead atoms. The number of nitro benzene ring substituents is 1. The molecule has 0 unspecified atom stereocenters. The molecule has 0 spiro atoms. The predicted molar refractivity (Wildman–Crippen MR) is 93.6 cm³/mol. The summed E-state index contributed by atoms with van der Waals surface area (Å²) in [4.78, 5) is 34.6. The second kappa shape index (κ2) is 10.2. The minimum absolute atomic E-state index is 0.0129. The standard InChI is InChI=1S/C17H24N2O7/c1-5-11(6-2)18-16(20)10-26-17(21)12-8-15(25-7-3)14(24-4)9-13(12)19(22)23/h8-9,11H,5-7,10H2,1-4H3,(H,18,20). The minimum Gasteiger partial charge on any atom is -0.493 e. The van der Waals surface area contributed by atoms with Gasteiger partial charge in [0.1, 0.15) is 5.56 Å². The molecule has 1 aromatic carbocycles. The number of methoxy groups -OCH3 is 1. The smallest absolute Gasteiger partial charge is 0.345 e. The fourth-order valence-corrected chi connectivity index (χ4v) is 2.26. The van der Waals surface area contributed by atoms with Crippen LogP contribution < -0.4 is 14.8 Å². The van der Waals surface area contributed by atoms with Gasteiger partial charge >= 0.3 is 5.97 Å². The van der Waals surface area contributed by atoms with Crippen LogP contribution in [0.5, 0.6) is 11.5 Å². The van der Waals surface area contributed by atoms with E-state index in [-0.39, 0.29) is 29.7 Å². The molecule has 1 amide bonds.